The molecule has 82 valence electrons. The highest BCUT2D eigenvalue weighted by Gasteiger charge is 2.06. The van der Waals surface area contributed by atoms with Crippen molar-refractivity contribution in [3.63, 3.8) is 0 Å². The summed E-state index contributed by atoms with van der Waals surface area (Å²) in [5.41, 5.74) is 1.43. The maximum absolute atomic E-state index is 10.4. The number of nitrogens with zero attached hydrogens (tertiary/aromatic N) is 4. The van der Waals surface area contributed by atoms with E-state index in [1.54, 1.807) is 4.68 Å². The first-order valence-electron chi connectivity index (χ1n) is 4.65. The largest absolute Gasteiger partial charge is 0.298 e. The Kier molecular flexibility index (Phi) is 3.00. The van der Waals surface area contributed by atoms with Crippen molar-refractivity contribution in [1.82, 2.24) is 19.7 Å². The van der Waals surface area contributed by atoms with Crippen LogP contribution in [0, 0.1) is 6.92 Å². The van der Waals surface area contributed by atoms with Gasteiger partial charge in [0.1, 0.15) is 5.03 Å². The highest BCUT2D eigenvalue weighted by atomic mass is 32.2. The SMILES string of the molecule is Cc1cc(Sc2ncc(C=O)cn2)n(C)n1. The third kappa shape index (κ3) is 2.27. The number of aromatic nitrogens is 4. The van der Waals surface area contributed by atoms with Crippen molar-refractivity contribution in [3.8, 4) is 0 Å². The Balaban J connectivity index is 2.20. The minimum absolute atomic E-state index is 0.477. The molecule has 0 spiro atoms. The van der Waals surface area contributed by atoms with Crippen molar-refractivity contribution in [3.05, 3.63) is 29.7 Å². The lowest BCUT2D eigenvalue weighted by molar-refractivity contribution is 0.112. The smallest absolute Gasteiger partial charge is 0.193 e. The Bertz CT molecular complexity index is 506. The lowest BCUT2D eigenvalue weighted by Gasteiger charge is -1.99. The van der Waals surface area contributed by atoms with Crippen LogP contribution in [0.4, 0.5) is 0 Å². The summed E-state index contributed by atoms with van der Waals surface area (Å²) in [5, 5.41) is 5.80. The van der Waals surface area contributed by atoms with Crippen LogP contribution in [0.3, 0.4) is 0 Å². The van der Waals surface area contributed by atoms with Gasteiger partial charge >= 0.3 is 0 Å². The van der Waals surface area contributed by atoms with E-state index in [1.165, 1.54) is 24.2 Å². The zero-order valence-corrected chi connectivity index (χ0v) is 9.73. The summed E-state index contributed by atoms with van der Waals surface area (Å²) < 4.78 is 1.77. The summed E-state index contributed by atoms with van der Waals surface area (Å²) in [5.74, 6) is 0. The van der Waals surface area contributed by atoms with Crippen molar-refractivity contribution >= 4 is 18.0 Å². The molecule has 0 amide bonds. The highest BCUT2D eigenvalue weighted by molar-refractivity contribution is 7.99. The van der Waals surface area contributed by atoms with Gasteiger partial charge in [0.25, 0.3) is 0 Å². The molecule has 0 aromatic carbocycles. The van der Waals surface area contributed by atoms with Crippen LogP contribution in [-0.2, 0) is 7.05 Å². The van der Waals surface area contributed by atoms with Gasteiger partial charge in [-0.1, -0.05) is 0 Å². The first-order valence-corrected chi connectivity index (χ1v) is 5.46. The Labute approximate surface area is 96.9 Å². The van der Waals surface area contributed by atoms with Crippen LogP contribution in [-0.4, -0.2) is 26.0 Å². The van der Waals surface area contributed by atoms with Crippen LogP contribution in [0.15, 0.2) is 28.6 Å². The molecule has 5 nitrogen and oxygen atoms in total. The molecule has 16 heavy (non-hydrogen) atoms. The molecule has 0 atom stereocenters. The van der Waals surface area contributed by atoms with Gasteiger partial charge in [-0.2, -0.15) is 5.10 Å². The van der Waals surface area contributed by atoms with Crippen LogP contribution in [0.25, 0.3) is 0 Å². The lowest BCUT2D eigenvalue weighted by Crippen LogP contribution is -1.94. The van der Waals surface area contributed by atoms with Gasteiger partial charge in [-0.15, -0.1) is 0 Å². The summed E-state index contributed by atoms with van der Waals surface area (Å²) in [6, 6.07) is 1.96. The minimum atomic E-state index is 0.477. The quantitative estimate of drug-likeness (QED) is 0.594. The molecule has 0 unspecified atom stereocenters. The molecule has 0 N–H and O–H groups in total. The maximum atomic E-state index is 10.4. The number of hydrogen-bond acceptors (Lipinski definition) is 5. The van der Waals surface area contributed by atoms with Gasteiger partial charge in [0.05, 0.1) is 11.3 Å². The Morgan fingerprint density at radius 2 is 2.06 bits per heavy atom. The molecule has 0 saturated carbocycles. The normalized spacial score (nSPS) is 10.4. The fourth-order valence-electron chi connectivity index (χ4n) is 1.22. The Morgan fingerprint density at radius 1 is 1.38 bits per heavy atom. The number of carbonyl (C=O) groups excluding carboxylic acids is 1. The molecular formula is C10H10N4OS. The minimum Gasteiger partial charge on any atom is -0.298 e. The molecular weight excluding hydrogens is 224 g/mol. The predicted molar refractivity (Wildman–Crippen MR) is 59.5 cm³/mol. The summed E-state index contributed by atoms with van der Waals surface area (Å²) in [6.07, 6.45) is 3.74. The summed E-state index contributed by atoms with van der Waals surface area (Å²) in [4.78, 5) is 18.6. The number of rotatable bonds is 3. The highest BCUT2D eigenvalue weighted by Crippen LogP contribution is 2.23. The number of aryl methyl sites for hydroxylation is 2. The van der Waals surface area contributed by atoms with Crippen molar-refractivity contribution in [2.24, 2.45) is 7.05 Å². The Hall–Kier alpha value is -1.69. The van der Waals surface area contributed by atoms with Gasteiger partial charge < -0.3 is 0 Å². The molecule has 2 rings (SSSR count). The average Bonchev–Trinajstić information content (AvgIpc) is 2.59. The second-order valence-electron chi connectivity index (χ2n) is 3.27. The lowest BCUT2D eigenvalue weighted by atomic mass is 10.4. The molecule has 6 heteroatoms. The molecule has 0 bridgehead atoms. The van der Waals surface area contributed by atoms with Crippen LogP contribution >= 0.6 is 11.8 Å². The summed E-state index contributed by atoms with van der Waals surface area (Å²) in [6.45, 7) is 1.93. The third-order valence-corrected chi connectivity index (χ3v) is 2.92. The average molecular weight is 234 g/mol. The molecule has 0 aliphatic carbocycles. The van der Waals surface area contributed by atoms with E-state index in [0.29, 0.717) is 10.7 Å². The molecule has 2 aromatic heterocycles. The van der Waals surface area contributed by atoms with Crippen molar-refractivity contribution < 1.29 is 4.79 Å². The van der Waals surface area contributed by atoms with E-state index in [1.807, 2.05) is 20.0 Å². The first kappa shape index (κ1) is 10.8. The molecule has 0 aliphatic heterocycles. The number of aldehydes is 1. The van der Waals surface area contributed by atoms with E-state index >= 15 is 0 Å². The molecule has 0 radical (unpaired) electrons. The van der Waals surface area contributed by atoms with Gasteiger partial charge in [-0.25, -0.2) is 9.97 Å². The fourth-order valence-corrected chi connectivity index (χ4v) is 2.02. The van der Waals surface area contributed by atoms with Crippen LogP contribution in [0.2, 0.25) is 0 Å². The van der Waals surface area contributed by atoms with E-state index in [0.717, 1.165) is 17.0 Å². The molecule has 0 aliphatic rings. The van der Waals surface area contributed by atoms with Crippen LogP contribution < -0.4 is 0 Å². The molecule has 2 aromatic rings. The zero-order chi connectivity index (χ0) is 11.5. The molecule has 2 heterocycles. The third-order valence-electron chi connectivity index (χ3n) is 1.94. The van der Waals surface area contributed by atoms with E-state index in [4.69, 9.17) is 0 Å². The van der Waals surface area contributed by atoms with E-state index in [9.17, 15) is 4.79 Å². The zero-order valence-electron chi connectivity index (χ0n) is 8.91. The molecule has 0 saturated heterocycles. The monoisotopic (exact) mass is 234 g/mol. The summed E-state index contributed by atoms with van der Waals surface area (Å²) >= 11 is 1.42. The van der Waals surface area contributed by atoms with E-state index in [-0.39, 0.29) is 0 Å². The van der Waals surface area contributed by atoms with Crippen molar-refractivity contribution in [2.75, 3.05) is 0 Å². The van der Waals surface area contributed by atoms with Crippen LogP contribution in [0.5, 0.6) is 0 Å². The molecule has 0 fully saturated rings. The van der Waals surface area contributed by atoms with Gasteiger partial charge in [0.15, 0.2) is 11.4 Å². The second-order valence-corrected chi connectivity index (χ2v) is 4.25. The number of hydrogen-bond donors (Lipinski definition) is 0. The standard InChI is InChI=1S/C10H10N4OS/c1-7-3-9(14(2)13-7)16-10-11-4-8(6-15)5-12-10/h3-6H,1-2H3. The van der Waals surface area contributed by atoms with E-state index < -0.39 is 0 Å². The van der Waals surface area contributed by atoms with Gasteiger partial charge in [0, 0.05) is 19.4 Å². The topological polar surface area (TPSA) is 60.7 Å². The van der Waals surface area contributed by atoms with Gasteiger partial charge in [0.2, 0.25) is 0 Å². The van der Waals surface area contributed by atoms with Gasteiger partial charge in [-0.3, -0.25) is 9.48 Å². The number of carbonyl (C=O) groups is 1. The summed E-state index contributed by atoms with van der Waals surface area (Å²) in [7, 11) is 1.87. The fraction of sp³-hybridized carbons (Fsp3) is 0.200. The second kappa shape index (κ2) is 4.44. The first-order chi connectivity index (χ1) is 7.69. The van der Waals surface area contributed by atoms with Crippen molar-refractivity contribution in [2.45, 2.75) is 17.1 Å². The maximum Gasteiger partial charge on any atom is 0.193 e. The predicted octanol–water partition coefficient (Wildman–Crippen LogP) is 1.48. The van der Waals surface area contributed by atoms with Crippen molar-refractivity contribution in [1.29, 1.82) is 0 Å². The van der Waals surface area contributed by atoms with Crippen LogP contribution in [0.1, 0.15) is 16.1 Å². The van der Waals surface area contributed by atoms with E-state index in [2.05, 4.69) is 15.1 Å². The van der Waals surface area contributed by atoms with Gasteiger partial charge in [-0.05, 0) is 24.8 Å². The Morgan fingerprint density at radius 3 is 2.56 bits per heavy atom.